The third kappa shape index (κ3) is 3.56. The van der Waals surface area contributed by atoms with Gasteiger partial charge in [-0.15, -0.1) is 0 Å². The quantitative estimate of drug-likeness (QED) is 0.660. The molecule has 1 aliphatic carbocycles. The fraction of sp³-hybridized carbons (Fsp3) is 0.588. The Morgan fingerprint density at radius 1 is 1.33 bits per heavy atom. The number of nitrogen functional groups attached to an aromatic ring is 1. The van der Waals surface area contributed by atoms with Gasteiger partial charge in [0.15, 0.2) is 0 Å². The molecule has 3 N–H and O–H groups in total. The Morgan fingerprint density at radius 3 is 2.52 bits per heavy atom. The summed E-state index contributed by atoms with van der Waals surface area (Å²) in [6.07, 6.45) is 6.00. The molecule has 0 aromatic heterocycles. The average Bonchev–Trinajstić information content (AvgIpc) is 2.53. The van der Waals surface area contributed by atoms with Gasteiger partial charge in [-0.2, -0.15) is 0 Å². The van der Waals surface area contributed by atoms with Crippen molar-refractivity contribution in [3.63, 3.8) is 0 Å². The number of hydrogen-bond donors (Lipinski definition) is 2. The third-order valence-corrected chi connectivity index (χ3v) is 4.89. The summed E-state index contributed by atoms with van der Waals surface area (Å²) in [7, 11) is 1.93. The number of nitrogens with two attached hydrogens (primary N) is 1. The maximum atomic E-state index is 12.6. The van der Waals surface area contributed by atoms with Crippen LogP contribution in [0, 0.1) is 12.8 Å². The lowest BCUT2D eigenvalue weighted by Gasteiger charge is -2.34. The molecule has 0 aliphatic heterocycles. The number of rotatable bonds is 4. The molecule has 0 bridgehead atoms. The summed E-state index contributed by atoms with van der Waals surface area (Å²) < 4.78 is 0. The highest BCUT2D eigenvalue weighted by Crippen LogP contribution is 2.29. The van der Waals surface area contributed by atoms with Crippen molar-refractivity contribution in [3.05, 3.63) is 29.3 Å². The van der Waals surface area contributed by atoms with Crippen LogP contribution in [0.4, 0.5) is 5.69 Å². The van der Waals surface area contributed by atoms with Gasteiger partial charge in [-0.3, -0.25) is 10.6 Å². The molecule has 0 unspecified atom stereocenters. The van der Waals surface area contributed by atoms with Crippen LogP contribution in [0.3, 0.4) is 0 Å². The van der Waals surface area contributed by atoms with Gasteiger partial charge in [0.2, 0.25) is 0 Å². The lowest BCUT2D eigenvalue weighted by Crippen LogP contribution is -2.39. The van der Waals surface area contributed by atoms with Gasteiger partial charge in [-0.1, -0.05) is 13.3 Å². The Hall–Kier alpha value is -1.55. The highest BCUT2D eigenvalue weighted by atomic mass is 16.2. The van der Waals surface area contributed by atoms with Crippen LogP contribution >= 0.6 is 0 Å². The number of nitrogens with zero attached hydrogens (tertiary/aromatic N) is 1. The van der Waals surface area contributed by atoms with E-state index in [1.165, 1.54) is 19.3 Å². The Morgan fingerprint density at radius 2 is 2.00 bits per heavy atom. The second kappa shape index (κ2) is 6.94. The number of anilines is 1. The number of carbonyl (C=O) groups excluding carboxylic acids is 1. The predicted molar refractivity (Wildman–Crippen MR) is 87.1 cm³/mol. The van der Waals surface area contributed by atoms with Crippen molar-refractivity contribution >= 4 is 11.6 Å². The van der Waals surface area contributed by atoms with E-state index in [2.05, 4.69) is 12.3 Å². The molecule has 4 heteroatoms. The second-order valence-corrected chi connectivity index (χ2v) is 6.17. The van der Waals surface area contributed by atoms with Crippen LogP contribution in [-0.4, -0.2) is 23.9 Å². The van der Waals surface area contributed by atoms with Gasteiger partial charge in [0, 0.05) is 18.7 Å². The number of carbonyl (C=O) groups is 1. The molecule has 1 aromatic carbocycles. The normalized spacial score (nSPS) is 21.9. The molecule has 0 radical (unpaired) electrons. The average molecular weight is 289 g/mol. The van der Waals surface area contributed by atoms with Crippen molar-refractivity contribution in [1.29, 1.82) is 0 Å². The fourth-order valence-corrected chi connectivity index (χ4v) is 3.27. The van der Waals surface area contributed by atoms with E-state index >= 15 is 0 Å². The summed E-state index contributed by atoms with van der Waals surface area (Å²) in [6.45, 7) is 4.22. The maximum Gasteiger partial charge on any atom is 0.253 e. The van der Waals surface area contributed by atoms with E-state index in [-0.39, 0.29) is 5.91 Å². The van der Waals surface area contributed by atoms with Crippen molar-refractivity contribution in [3.8, 4) is 0 Å². The summed E-state index contributed by atoms with van der Waals surface area (Å²) in [5, 5.41) is 0. The number of benzene rings is 1. The Bertz CT molecular complexity index is 493. The predicted octanol–water partition coefficient (Wildman–Crippen LogP) is 3.32. The minimum absolute atomic E-state index is 0.113. The molecule has 2 rings (SSSR count). The molecule has 1 aliphatic rings. The highest BCUT2D eigenvalue weighted by molar-refractivity contribution is 5.95. The first kappa shape index (κ1) is 15.8. The van der Waals surface area contributed by atoms with Crippen molar-refractivity contribution in [2.45, 2.75) is 52.0 Å². The topological polar surface area (TPSA) is 58.4 Å². The molecule has 1 saturated carbocycles. The molecule has 1 fully saturated rings. The number of aryl methyl sites for hydroxylation is 1. The van der Waals surface area contributed by atoms with Gasteiger partial charge in [0.1, 0.15) is 0 Å². The van der Waals surface area contributed by atoms with E-state index in [0.29, 0.717) is 6.04 Å². The van der Waals surface area contributed by atoms with Crippen molar-refractivity contribution in [2.75, 3.05) is 12.5 Å². The van der Waals surface area contributed by atoms with Crippen molar-refractivity contribution < 1.29 is 4.79 Å². The van der Waals surface area contributed by atoms with Crippen molar-refractivity contribution in [2.24, 2.45) is 11.8 Å². The highest BCUT2D eigenvalue weighted by Gasteiger charge is 2.26. The molecule has 21 heavy (non-hydrogen) atoms. The second-order valence-electron chi connectivity index (χ2n) is 6.17. The fourth-order valence-electron chi connectivity index (χ4n) is 3.27. The van der Waals surface area contributed by atoms with E-state index < -0.39 is 0 Å². The van der Waals surface area contributed by atoms with E-state index in [0.717, 1.165) is 35.6 Å². The number of hydrogen-bond acceptors (Lipinski definition) is 3. The number of nitrogens with one attached hydrogen (secondary N) is 1. The van der Waals surface area contributed by atoms with Gasteiger partial charge in [-0.05, 0) is 62.3 Å². The van der Waals surface area contributed by atoms with Crippen molar-refractivity contribution in [1.82, 2.24) is 4.90 Å². The molecule has 0 atom stereocenters. The maximum absolute atomic E-state index is 12.6. The number of hydrazine groups is 1. The summed E-state index contributed by atoms with van der Waals surface area (Å²) >= 11 is 0. The summed E-state index contributed by atoms with van der Waals surface area (Å²) in [6, 6.07) is 6.00. The summed E-state index contributed by atoms with van der Waals surface area (Å²) in [4.78, 5) is 14.5. The van der Waals surface area contributed by atoms with Gasteiger partial charge in [0.05, 0.1) is 5.69 Å². The first-order valence-corrected chi connectivity index (χ1v) is 7.91. The van der Waals surface area contributed by atoms with Crippen LogP contribution < -0.4 is 11.3 Å². The van der Waals surface area contributed by atoms with E-state index in [4.69, 9.17) is 5.84 Å². The monoisotopic (exact) mass is 289 g/mol. The lowest BCUT2D eigenvalue weighted by molar-refractivity contribution is 0.0674. The molecule has 0 saturated heterocycles. The largest absolute Gasteiger partial charge is 0.339 e. The molecule has 1 amide bonds. The zero-order valence-corrected chi connectivity index (χ0v) is 13.4. The zero-order chi connectivity index (χ0) is 15.4. The van der Waals surface area contributed by atoms with Crippen LogP contribution in [-0.2, 0) is 0 Å². The molecular formula is C17H27N3O. The van der Waals surface area contributed by atoms with E-state index in [1.54, 1.807) is 0 Å². The first-order valence-electron chi connectivity index (χ1n) is 7.91. The van der Waals surface area contributed by atoms with Crippen LogP contribution in [0.5, 0.6) is 0 Å². The van der Waals surface area contributed by atoms with Gasteiger partial charge >= 0.3 is 0 Å². The summed E-state index contributed by atoms with van der Waals surface area (Å²) in [5.74, 6) is 6.40. The SMILES string of the molecule is CCC1CCC(N(C)C(=O)c2ccc(NN)c(C)c2)CC1. The molecule has 0 heterocycles. The van der Waals surface area contributed by atoms with Crippen LogP contribution in [0.2, 0.25) is 0 Å². The standard InChI is InChI=1S/C17H27N3O/c1-4-13-5-8-15(9-6-13)20(3)17(21)14-7-10-16(19-18)12(2)11-14/h7,10-11,13,15,19H,4-6,8-9,18H2,1-3H3. The Labute approximate surface area is 127 Å². The Balaban J connectivity index is 2.04. The van der Waals surface area contributed by atoms with E-state index in [9.17, 15) is 4.79 Å². The Kier molecular flexibility index (Phi) is 5.23. The smallest absolute Gasteiger partial charge is 0.253 e. The minimum atomic E-state index is 0.113. The van der Waals surface area contributed by atoms with Gasteiger partial charge in [-0.25, -0.2) is 0 Å². The van der Waals surface area contributed by atoms with Crippen LogP contribution in [0.1, 0.15) is 54.9 Å². The molecule has 1 aromatic rings. The summed E-state index contributed by atoms with van der Waals surface area (Å²) in [5.41, 5.74) is 5.23. The third-order valence-electron chi connectivity index (χ3n) is 4.89. The van der Waals surface area contributed by atoms with Crippen LogP contribution in [0.25, 0.3) is 0 Å². The molecule has 116 valence electrons. The van der Waals surface area contributed by atoms with E-state index in [1.807, 2.05) is 37.1 Å². The van der Waals surface area contributed by atoms with Gasteiger partial charge in [0.25, 0.3) is 5.91 Å². The number of amides is 1. The minimum Gasteiger partial charge on any atom is -0.339 e. The van der Waals surface area contributed by atoms with Gasteiger partial charge < -0.3 is 10.3 Å². The molecular weight excluding hydrogens is 262 g/mol. The first-order chi connectivity index (χ1) is 10.1. The lowest BCUT2D eigenvalue weighted by atomic mass is 9.84. The molecule has 0 spiro atoms. The zero-order valence-electron chi connectivity index (χ0n) is 13.4. The molecule has 4 nitrogen and oxygen atoms in total. The van der Waals surface area contributed by atoms with Crippen LogP contribution in [0.15, 0.2) is 18.2 Å².